The molecule has 5 N–H and O–H groups in total. The van der Waals surface area contributed by atoms with Gasteiger partial charge in [-0.15, -0.1) is 0 Å². The van der Waals surface area contributed by atoms with Gasteiger partial charge in [0.05, 0.1) is 7.11 Å². The highest BCUT2D eigenvalue weighted by molar-refractivity contribution is 7.46. The molecule has 142 valence electrons. The van der Waals surface area contributed by atoms with Crippen molar-refractivity contribution >= 4 is 13.7 Å². The zero-order chi connectivity index (χ0) is 18.9. The fourth-order valence-corrected chi connectivity index (χ4v) is 2.55. The van der Waals surface area contributed by atoms with Crippen molar-refractivity contribution in [1.82, 2.24) is 5.32 Å². The Morgan fingerprint density at radius 1 is 1.32 bits per heavy atom. The average molecular weight is 378 g/mol. The standard InChI is InChI=1S/C15H24FN2O6P/c1-23-11-6-7-13(24-25(20,21)22)12(10-11)14(16)15(19)18-9-5-3-2-4-8-17/h6-7,10,14H,2-5,8-9,17H2,1H3,(H,18,19)(H2,20,21,22). The van der Waals surface area contributed by atoms with Crippen LogP contribution in [-0.2, 0) is 9.36 Å². The monoisotopic (exact) mass is 378 g/mol. The molecule has 0 fully saturated rings. The zero-order valence-corrected chi connectivity index (χ0v) is 14.9. The molecule has 1 unspecified atom stereocenters. The predicted molar refractivity (Wildman–Crippen MR) is 90.0 cm³/mol. The first-order valence-corrected chi connectivity index (χ1v) is 9.36. The summed E-state index contributed by atoms with van der Waals surface area (Å²) in [6.07, 6.45) is 1.22. The van der Waals surface area contributed by atoms with Crippen LogP contribution in [0.25, 0.3) is 0 Å². The number of hydrogen-bond donors (Lipinski definition) is 4. The lowest BCUT2D eigenvalue weighted by atomic mass is 10.1. The fraction of sp³-hybridized carbons (Fsp3) is 0.533. The van der Waals surface area contributed by atoms with Crippen LogP contribution in [0.3, 0.4) is 0 Å². The molecule has 0 aliphatic heterocycles. The summed E-state index contributed by atoms with van der Waals surface area (Å²) in [7, 11) is -3.55. The number of phosphoric ester groups is 1. The molecule has 0 bridgehead atoms. The molecule has 0 aliphatic carbocycles. The Morgan fingerprint density at radius 3 is 2.60 bits per heavy atom. The number of hydrogen-bond acceptors (Lipinski definition) is 5. The van der Waals surface area contributed by atoms with E-state index in [0.29, 0.717) is 19.5 Å². The van der Waals surface area contributed by atoms with Crippen LogP contribution in [0.5, 0.6) is 11.5 Å². The van der Waals surface area contributed by atoms with Gasteiger partial charge in [0, 0.05) is 12.1 Å². The first-order valence-electron chi connectivity index (χ1n) is 7.83. The largest absolute Gasteiger partial charge is 0.524 e. The summed E-state index contributed by atoms with van der Waals surface area (Å²) in [5.74, 6) is -1.10. The highest BCUT2D eigenvalue weighted by Crippen LogP contribution is 2.42. The third-order valence-corrected chi connectivity index (χ3v) is 3.80. The molecule has 0 heterocycles. The second kappa shape index (κ2) is 10.4. The topological polar surface area (TPSA) is 131 Å². The van der Waals surface area contributed by atoms with Crippen molar-refractivity contribution in [2.75, 3.05) is 20.2 Å². The van der Waals surface area contributed by atoms with E-state index in [2.05, 4.69) is 9.84 Å². The van der Waals surface area contributed by atoms with E-state index in [1.165, 1.54) is 13.2 Å². The number of amides is 1. The minimum absolute atomic E-state index is 0.227. The van der Waals surface area contributed by atoms with Crippen LogP contribution in [0.2, 0.25) is 0 Å². The van der Waals surface area contributed by atoms with Crippen LogP contribution in [0.4, 0.5) is 4.39 Å². The van der Waals surface area contributed by atoms with Gasteiger partial charge < -0.3 is 20.3 Å². The van der Waals surface area contributed by atoms with E-state index < -0.39 is 25.7 Å². The molecule has 1 aromatic carbocycles. The average Bonchev–Trinajstić information content (AvgIpc) is 2.56. The van der Waals surface area contributed by atoms with E-state index in [1.54, 1.807) is 0 Å². The number of carbonyl (C=O) groups excluding carboxylic acids is 1. The van der Waals surface area contributed by atoms with Crippen molar-refractivity contribution in [2.45, 2.75) is 31.9 Å². The molecule has 0 saturated carbocycles. The van der Waals surface area contributed by atoms with Crippen molar-refractivity contribution < 1.29 is 32.8 Å². The third kappa shape index (κ3) is 7.83. The molecule has 0 saturated heterocycles. The van der Waals surface area contributed by atoms with E-state index in [0.717, 1.165) is 31.4 Å². The highest BCUT2D eigenvalue weighted by atomic mass is 31.2. The van der Waals surface area contributed by atoms with Crippen LogP contribution < -0.4 is 20.3 Å². The lowest BCUT2D eigenvalue weighted by Crippen LogP contribution is -2.28. The van der Waals surface area contributed by atoms with Gasteiger partial charge in [0.15, 0.2) is 0 Å². The second-order valence-corrected chi connectivity index (χ2v) is 6.51. The van der Waals surface area contributed by atoms with Gasteiger partial charge in [0.25, 0.3) is 5.91 Å². The summed E-state index contributed by atoms with van der Waals surface area (Å²) in [4.78, 5) is 29.8. The summed E-state index contributed by atoms with van der Waals surface area (Å²) >= 11 is 0. The van der Waals surface area contributed by atoms with Gasteiger partial charge >= 0.3 is 7.82 Å². The Balaban J connectivity index is 2.75. The fourth-order valence-electron chi connectivity index (χ4n) is 2.13. The number of nitrogens with one attached hydrogen (secondary N) is 1. The minimum atomic E-state index is -4.89. The number of halogens is 1. The molecule has 1 atom stereocenters. The van der Waals surface area contributed by atoms with E-state index >= 15 is 0 Å². The summed E-state index contributed by atoms with van der Waals surface area (Å²) in [5.41, 5.74) is 5.06. The smallest absolute Gasteiger partial charge is 0.497 e. The van der Waals surface area contributed by atoms with E-state index in [1.807, 2.05) is 0 Å². The number of rotatable bonds is 11. The molecule has 1 rings (SSSR count). The molecule has 0 radical (unpaired) electrons. The molecule has 0 aromatic heterocycles. The molecule has 10 heteroatoms. The molecule has 0 aliphatic rings. The predicted octanol–water partition coefficient (Wildman–Crippen LogP) is 1.81. The van der Waals surface area contributed by atoms with Crippen molar-refractivity contribution in [1.29, 1.82) is 0 Å². The first-order chi connectivity index (χ1) is 11.8. The van der Waals surface area contributed by atoms with E-state index in [-0.39, 0.29) is 11.3 Å². The van der Waals surface area contributed by atoms with Crippen molar-refractivity contribution in [3.05, 3.63) is 23.8 Å². The second-order valence-electron chi connectivity index (χ2n) is 5.34. The summed E-state index contributed by atoms with van der Waals surface area (Å²) < 4.78 is 34.9. The number of phosphoric acid groups is 1. The molecular weight excluding hydrogens is 354 g/mol. The SMILES string of the molecule is COc1ccc(OP(=O)(O)O)c(C(F)C(=O)NCCCCCCN)c1. The van der Waals surface area contributed by atoms with Crippen LogP contribution >= 0.6 is 7.82 Å². The third-order valence-electron chi connectivity index (χ3n) is 3.37. The van der Waals surface area contributed by atoms with Gasteiger partial charge in [-0.2, -0.15) is 0 Å². The molecule has 8 nitrogen and oxygen atoms in total. The number of benzene rings is 1. The minimum Gasteiger partial charge on any atom is -0.497 e. The quantitative estimate of drug-likeness (QED) is 0.341. The molecule has 0 spiro atoms. The lowest BCUT2D eigenvalue weighted by Gasteiger charge is -2.16. The van der Waals surface area contributed by atoms with E-state index in [9.17, 15) is 13.8 Å². The Kier molecular flexibility index (Phi) is 8.85. The van der Waals surface area contributed by atoms with Crippen LogP contribution in [0, 0.1) is 0 Å². The zero-order valence-electron chi connectivity index (χ0n) is 14.0. The van der Waals surface area contributed by atoms with Crippen molar-refractivity contribution in [3.8, 4) is 11.5 Å². The molecule has 25 heavy (non-hydrogen) atoms. The van der Waals surface area contributed by atoms with Gasteiger partial charge in [-0.25, -0.2) is 8.96 Å². The highest BCUT2D eigenvalue weighted by Gasteiger charge is 2.27. The number of carbonyl (C=O) groups is 1. The maximum Gasteiger partial charge on any atom is 0.524 e. The normalized spacial score (nSPS) is 12.5. The number of ether oxygens (including phenoxy) is 1. The Bertz CT molecular complexity index is 610. The number of alkyl halides is 1. The maximum atomic E-state index is 14.5. The van der Waals surface area contributed by atoms with Crippen molar-refractivity contribution in [3.63, 3.8) is 0 Å². The maximum absolute atomic E-state index is 14.5. The number of nitrogens with two attached hydrogens (primary N) is 1. The first kappa shape index (κ1) is 21.4. The Morgan fingerprint density at radius 2 is 2.00 bits per heavy atom. The van der Waals surface area contributed by atoms with Crippen LogP contribution in [0.15, 0.2) is 18.2 Å². The Hall–Kier alpha value is -1.67. The van der Waals surface area contributed by atoms with Gasteiger partial charge in [0.2, 0.25) is 6.17 Å². The summed E-state index contributed by atoms with van der Waals surface area (Å²) in [5, 5.41) is 2.45. The van der Waals surface area contributed by atoms with Gasteiger partial charge in [-0.3, -0.25) is 14.6 Å². The van der Waals surface area contributed by atoms with Gasteiger partial charge in [0.1, 0.15) is 11.5 Å². The number of unbranched alkanes of at least 4 members (excludes halogenated alkanes) is 3. The lowest BCUT2D eigenvalue weighted by molar-refractivity contribution is -0.126. The van der Waals surface area contributed by atoms with Crippen LogP contribution in [0.1, 0.15) is 37.4 Å². The van der Waals surface area contributed by atoms with Crippen LogP contribution in [-0.4, -0.2) is 35.9 Å². The van der Waals surface area contributed by atoms with Gasteiger partial charge in [-0.05, 0) is 37.6 Å². The molecular formula is C15H24FN2O6P. The van der Waals surface area contributed by atoms with E-state index in [4.69, 9.17) is 20.3 Å². The Labute approximate surface area is 145 Å². The van der Waals surface area contributed by atoms with Gasteiger partial charge in [-0.1, -0.05) is 12.8 Å². The number of methoxy groups -OCH3 is 1. The molecule has 1 aromatic rings. The van der Waals surface area contributed by atoms with Crippen molar-refractivity contribution in [2.24, 2.45) is 5.73 Å². The molecule has 1 amide bonds. The summed E-state index contributed by atoms with van der Waals surface area (Å²) in [6, 6.07) is 3.65. The summed E-state index contributed by atoms with van der Waals surface area (Å²) in [6.45, 7) is 0.902.